The van der Waals surface area contributed by atoms with Crippen LogP contribution in [0.2, 0.25) is 5.28 Å². The molecule has 0 fully saturated rings. The van der Waals surface area contributed by atoms with Gasteiger partial charge in [-0.3, -0.25) is 0 Å². The van der Waals surface area contributed by atoms with E-state index in [9.17, 15) is 0 Å². The van der Waals surface area contributed by atoms with E-state index in [1.54, 1.807) is 0 Å². The molecule has 1 aromatic heterocycles. The smallest absolute Gasteiger partial charge is 0.322 e. The van der Waals surface area contributed by atoms with Gasteiger partial charge in [0.2, 0.25) is 11.2 Å². The molecule has 17 heavy (non-hydrogen) atoms. The highest BCUT2D eigenvalue weighted by atomic mass is 35.5. The summed E-state index contributed by atoms with van der Waals surface area (Å²) in [7, 11) is 0. The molecule has 0 saturated heterocycles. The van der Waals surface area contributed by atoms with Crippen LogP contribution in [-0.4, -0.2) is 39.8 Å². The fourth-order valence-corrected chi connectivity index (χ4v) is 1.15. The van der Waals surface area contributed by atoms with Crippen molar-refractivity contribution in [2.45, 2.75) is 20.3 Å². The van der Waals surface area contributed by atoms with Crippen LogP contribution >= 0.6 is 11.6 Å². The molecule has 0 spiro atoms. The maximum Gasteiger partial charge on any atom is 0.322 e. The number of halogens is 1. The molecule has 1 atom stereocenters. The number of aliphatic hydroxyl groups excluding tert-OH is 1. The number of hydrogen-bond acceptors (Lipinski definition) is 6. The van der Waals surface area contributed by atoms with Crippen LogP contribution in [0.25, 0.3) is 0 Å². The van der Waals surface area contributed by atoms with Crippen LogP contribution < -0.4 is 10.1 Å². The molecule has 1 aromatic rings. The summed E-state index contributed by atoms with van der Waals surface area (Å²) in [6.45, 7) is 5.09. The highest BCUT2D eigenvalue weighted by molar-refractivity contribution is 6.28. The normalized spacial score (nSPS) is 12.2. The third-order valence-electron chi connectivity index (χ3n) is 1.94. The monoisotopic (exact) mass is 260 g/mol. The molecular weight excluding hydrogens is 244 g/mol. The third kappa shape index (κ3) is 5.14. The fourth-order valence-electron chi connectivity index (χ4n) is 0.999. The number of aromatic nitrogens is 3. The van der Waals surface area contributed by atoms with Crippen molar-refractivity contribution in [3.63, 3.8) is 0 Å². The summed E-state index contributed by atoms with van der Waals surface area (Å²) in [6.07, 6.45) is 0.869. The minimum atomic E-state index is 0.0882. The first-order valence-corrected chi connectivity index (χ1v) is 5.92. The van der Waals surface area contributed by atoms with E-state index < -0.39 is 0 Å². The van der Waals surface area contributed by atoms with Gasteiger partial charge in [-0.15, -0.1) is 0 Å². The molecule has 0 bridgehead atoms. The van der Waals surface area contributed by atoms with E-state index >= 15 is 0 Å². The number of anilines is 1. The van der Waals surface area contributed by atoms with E-state index in [0.717, 1.165) is 6.42 Å². The molecule has 6 nitrogen and oxygen atoms in total. The summed E-state index contributed by atoms with van der Waals surface area (Å²) < 4.78 is 5.27. The Balaban J connectivity index is 2.61. The van der Waals surface area contributed by atoms with Gasteiger partial charge in [0, 0.05) is 13.2 Å². The van der Waals surface area contributed by atoms with Crippen molar-refractivity contribution in [1.82, 2.24) is 15.0 Å². The summed E-state index contributed by atoms with van der Waals surface area (Å²) in [5.41, 5.74) is 0. The molecule has 0 aromatic carbocycles. The van der Waals surface area contributed by atoms with Gasteiger partial charge in [-0.2, -0.15) is 15.0 Å². The Kier molecular flexibility index (Phi) is 5.93. The summed E-state index contributed by atoms with van der Waals surface area (Å²) in [6, 6.07) is 0.214. The van der Waals surface area contributed by atoms with Crippen LogP contribution in [0.3, 0.4) is 0 Å². The van der Waals surface area contributed by atoms with E-state index in [1.165, 1.54) is 0 Å². The molecule has 0 aliphatic carbocycles. The minimum Gasteiger partial charge on any atom is -0.463 e. The lowest BCUT2D eigenvalue weighted by molar-refractivity contribution is 0.244. The van der Waals surface area contributed by atoms with Crippen molar-refractivity contribution in [3.8, 4) is 6.01 Å². The van der Waals surface area contributed by atoms with E-state index in [2.05, 4.69) is 20.3 Å². The number of nitrogens with one attached hydrogen (secondary N) is 1. The Morgan fingerprint density at radius 2 is 2.18 bits per heavy atom. The molecule has 1 unspecified atom stereocenters. The van der Waals surface area contributed by atoms with Crippen LogP contribution in [0.15, 0.2) is 0 Å². The second-order valence-corrected chi connectivity index (χ2v) is 4.07. The molecule has 0 aliphatic rings. The quantitative estimate of drug-likeness (QED) is 0.770. The zero-order chi connectivity index (χ0) is 12.7. The Morgan fingerprint density at radius 3 is 2.82 bits per heavy atom. The number of aliphatic hydroxyl groups is 1. The van der Waals surface area contributed by atoms with Gasteiger partial charge in [0.1, 0.15) is 0 Å². The van der Waals surface area contributed by atoms with Crippen LogP contribution in [-0.2, 0) is 0 Å². The maximum absolute atomic E-state index is 8.89. The topological polar surface area (TPSA) is 80.2 Å². The maximum atomic E-state index is 8.89. The average Bonchev–Trinajstić information content (AvgIpc) is 2.32. The lowest BCUT2D eigenvalue weighted by Gasteiger charge is -2.10. The van der Waals surface area contributed by atoms with Crippen molar-refractivity contribution in [2.75, 3.05) is 25.1 Å². The molecule has 2 N–H and O–H groups in total. The predicted molar refractivity (Wildman–Crippen MR) is 65.4 cm³/mol. The summed E-state index contributed by atoms with van der Waals surface area (Å²) in [5.74, 6) is 0.474. The summed E-state index contributed by atoms with van der Waals surface area (Å²) in [5, 5.41) is 11.9. The van der Waals surface area contributed by atoms with Gasteiger partial charge in [0.15, 0.2) is 0 Å². The fraction of sp³-hybridized carbons (Fsp3) is 0.700. The van der Waals surface area contributed by atoms with Crippen molar-refractivity contribution in [2.24, 2.45) is 5.92 Å². The van der Waals surface area contributed by atoms with Crippen LogP contribution in [0.5, 0.6) is 6.01 Å². The van der Waals surface area contributed by atoms with Gasteiger partial charge in [-0.25, -0.2) is 0 Å². The zero-order valence-corrected chi connectivity index (χ0v) is 10.7. The van der Waals surface area contributed by atoms with Crippen molar-refractivity contribution in [3.05, 3.63) is 5.28 Å². The minimum absolute atomic E-state index is 0.0882. The first-order valence-electron chi connectivity index (χ1n) is 5.54. The Hall–Kier alpha value is -1.14. The van der Waals surface area contributed by atoms with E-state index in [4.69, 9.17) is 21.4 Å². The molecule has 7 heteroatoms. The van der Waals surface area contributed by atoms with Crippen LogP contribution in [0, 0.1) is 5.92 Å². The zero-order valence-electron chi connectivity index (χ0n) is 9.98. The third-order valence-corrected chi connectivity index (χ3v) is 2.11. The largest absolute Gasteiger partial charge is 0.463 e. The number of hydrogen-bond donors (Lipinski definition) is 2. The van der Waals surface area contributed by atoms with Gasteiger partial charge in [0.25, 0.3) is 0 Å². The molecule has 0 aliphatic heterocycles. The highest BCUT2D eigenvalue weighted by Gasteiger charge is 2.07. The first kappa shape index (κ1) is 13.9. The second-order valence-electron chi connectivity index (χ2n) is 3.73. The van der Waals surface area contributed by atoms with Crippen molar-refractivity contribution in [1.29, 1.82) is 0 Å². The predicted octanol–water partition coefficient (Wildman–Crippen LogP) is 1.35. The molecule has 1 rings (SSSR count). The number of ether oxygens (including phenoxy) is 1. The van der Waals surface area contributed by atoms with Gasteiger partial charge in [0.05, 0.1) is 6.61 Å². The van der Waals surface area contributed by atoms with Gasteiger partial charge in [-0.1, -0.05) is 13.8 Å². The lowest BCUT2D eigenvalue weighted by atomic mass is 10.2. The average molecular weight is 261 g/mol. The summed E-state index contributed by atoms with van der Waals surface area (Å²) >= 11 is 5.75. The molecule has 96 valence electrons. The SMILES string of the molecule is CCCOc1nc(Cl)nc(NCC(C)CO)n1. The highest BCUT2D eigenvalue weighted by Crippen LogP contribution is 2.11. The van der Waals surface area contributed by atoms with Gasteiger partial charge < -0.3 is 15.2 Å². The molecule has 0 saturated carbocycles. The Morgan fingerprint density at radius 1 is 1.41 bits per heavy atom. The molecule has 0 amide bonds. The number of nitrogens with zero attached hydrogens (tertiary/aromatic N) is 3. The number of rotatable bonds is 7. The van der Waals surface area contributed by atoms with E-state index in [0.29, 0.717) is 19.1 Å². The molecule has 1 heterocycles. The Bertz CT molecular complexity index is 351. The van der Waals surface area contributed by atoms with Gasteiger partial charge >= 0.3 is 6.01 Å². The lowest BCUT2D eigenvalue weighted by Crippen LogP contribution is -2.16. The Labute approximate surface area is 105 Å². The van der Waals surface area contributed by atoms with E-state index in [1.807, 2.05) is 13.8 Å². The summed E-state index contributed by atoms with van der Waals surface area (Å²) in [4.78, 5) is 11.8. The van der Waals surface area contributed by atoms with Crippen LogP contribution in [0.4, 0.5) is 5.95 Å². The first-order chi connectivity index (χ1) is 8.15. The van der Waals surface area contributed by atoms with E-state index in [-0.39, 0.29) is 23.8 Å². The molecular formula is C10H17ClN4O2. The van der Waals surface area contributed by atoms with Crippen LogP contribution in [0.1, 0.15) is 20.3 Å². The molecule has 0 radical (unpaired) electrons. The van der Waals surface area contributed by atoms with Crippen molar-refractivity contribution < 1.29 is 9.84 Å². The second kappa shape index (κ2) is 7.24. The van der Waals surface area contributed by atoms with Gasteiger partial charge in [-0.05, 0) is 23.9 Å². The standard InChI is InChI=1S/C10H17ClN4O2/c1-3-4-17-10-14-8(11)13-9(15-10)12-5-7(2)6-16/h7,16H,3-6H2,1-2H3,(H,12,13,14,15). The van der Waals surface area contributed by atoms with Crippen molar-refractivity contribution >= 4 is 17.5 Å².